The number of β-lactam (4-membered cyclic amide) rings is 1. The second kappa shape index (κ2) is 11.2. The molecule has 0 bridgehead atoms. The molecule has 4 rings (SSSR count). The minimum atomic E-state index is -1.78. The molecule has 0 spiro atoms. The summed E-state index contributed by atoms with van der Waals surface area (Å²) in [6, 6.07) is -1.08. The summed E-state index contributed by atoms with van der Waals surface area (Å²) in [6.45, 7) is 3.18. The number of nitrogens with two attached hydrogens (primary N) is 2. The summed E-state index contributed by atoms with van der Waals surface area (Å²) in [5, 5.41) is 24.8. The lowest BCUT2D eigenvalue weighted by Gasteiger charge is -2.49. The van der Waals surface area contributed by atoms with Crippen LogP contribution in [-0.4, -0.2) is 87.9 Å². The molecule has 0 radical (unpaired) electrons. The van der Waals surface area contributed by atoms with Crippen molar-refractivity contribution in [2.24, 2.45) is 17.9 Å². The van der Waals surface area contributed by atoms with Crippen LogP contribution >= 0.6 is 23.3 Å². The van der Waals surface area contributed by atoms with Gasteiger partial charge in [0.15, 0.2) is 18.4 Å². The highest BCUT2D eigenvalue weighted by Gasteiger charge is 2.54. The zero-order chi connectivity index (χ0) is 29.4. The van der Waals surface area contributed by atoms with E-state index in [0.717, 1.165) is 22.0 Å². The van der Waals surface area contributed by atoms with Gasteiger partial charge in [0.2, 0.25) is 17.1 Å². The van der Waals surface area contributed by atoms with Crippen LogP contribution < -0.4 is 21.5 Å². The number of thioether (sulfide) groups is 1. The Morgan fingerprint density at radius 1 is 1.35 bits per heavy atom. The Labute approximate surface area is 235 Å². The van der Waals surface area contributed by atoms with Gasteiger partial charge >= 0.3 is 11.9 Å². The number of nitrogens with one attached hydrogen (secondary N) is 1. The molecule has 0 aliphatic carbocycles. The van der Waals surface area contributed by atoms with Crippen molar-refractivity contribution in [3.05, 3.63) is 35.1 Å². The van der Waals surface area contributed by atoms with E-state index in [2.05, 4.69) is 19.8 Å². The highest BCUT2D eigenvalue weighted by molar-refractivity contribution is 8.00. The fourth-order valence-corrected chi connectivity index (χ4v) is 5.78. The van der Waals surface area contributed by atoms with E-state index in [9.17, 15) is 29.4 Å². The van der Waals surface area contributed by atoms with Crippen LogP contribution in [0.25, 0.3) is 0 Å². The molecular weight excluding hydrogens is 566 g/mol. The van der Waals surface area contributed by atoms with E-state index < -0.39 is 46.5 Å². The van der Waals surface area contributed by atoms with Crippen molar-refractivity contribution in [2.75, 3.05) is 18.0 Å². The molecule has 2 aromatic rings. The van der Waals surface area contributed by atoms with Crippen LogP contribution in [0.1, 0.15) is 25.2 Å². The predicted molar refractivity (Wildman–Crippen MR) is 142 cm³/mol. The molecule has 2 aliphatic heterocycles. The van der Waals surface area contributed by atoms with E-state index in [1.54, 1.807) is 0 Å². The van der Waals surface area contributed by atoms with Crippen LogP contribution in [0.4, 0.5) is 5.13 Å². The molecular formula is C22H28N9O7S2+. The van der Waals surface area contributed by atoms with Crippen molar-refractivity contribution >= 4 is 57.9 Å². The van der Waals surface area contributed by atoms with Crippen molar-refractivity contribution in [1.29, 1.82) is 0 Å². The van der Waals surface area contributed by atoms with Gasteiger partial charge in [-0.3, -0.25) is 14.5 Å². The summed E-state index contributed by atoms with van der Waals surface area (Å²) in [4.78, 5) is 60.1. The van der Waals surface area contributed by atoms with E-state index in [0.29, 0.717) is 24.3 Å². The number of carbonyl (C=O) groups excluding carboxylic acids is 2. The molecule has 2 unspecified atom stereocenters. The summed E-state index contributed by atoms with van der Waals surface area (Å²) in [6.07, 6.45) is 4.45. The Morgan fingerprint density at radius 3 is 2.67 bits per heavy atom. The first-order valence-corrected chi connectivity index (χ1v) is 13.7. The van der Waals surface area contributed by atoms with Crippen LogP contribution in [0.5, 0.6) is 0 Å². The van der Waals surface area contributed by atoms with Crippen molar-refractivity contribution in [3.63, 3.8) is 0 Å². The molecule has 40 heavy (non-hydrogen) atoms. The number of hydrogen-bond acceptors (Lipinski definition) is 12. The fourth-order valence-electron chi connectivity index (χ4n) is 4.01. The highest BCUT2D eigenvalue weighted by Crippen LogP contribution is 2.40. The third-order valence-electron chi connectivity index (χ3n) is 6.14. The van der Waals surface area contributed by atoms with Crippen LogP contribution in [0, 0.1) is 0 Å². The van der Waals surface area contributed by atoms with Gasteiger partial charge in [0.1, 0.15) is 23.7 Å². The Morgan fingerprint density at radius 2 is 2.08 bits per heavy atom. The van der Waals surface area contributed by atoms with E-state index in [1.807, 2.05) is 28.8 Å². The number of hydrogen-bond donors (Lipinski definition) is 5. The maximum Gasteiger partial charge on any atom is 0.352 e. The highest BCUT2D eigenvalue weighted by atomic mass is 32.2. The average Bonchev–Trinajstić information content (AvgIpc) is 3.46. The summed E-state index contributed by atoms with van der Waals surface area (Å²) >= 11 is 2.08. The number of oxime groups is 1. The Bertz CT molecular complexity index is 1430. The number of aryl methyl sites for hydroxylation is 1. The summed E-state index contributed by atoms with van der Waals surface area (Å²) in [5.74, 6) is -4.06. The number of nitrogens with zero attached hydrogens (tertiary/aromatic N) is 6. The SMILES string of the molecule is C[n+]1cc(CCN)cn1CC1=C(C(=O)O)N2C(=O)C(NC(=O)/C(=N/OC(C)(C)C(=O)O)c3nsc(N)n3)C2SC1. The Kier molecular flexibility index (Phi) is 8.13. The number of rotatable bonds is 11. The molecule has 2 aliphatic rings. The lowest BCUT2D eigenvalue weighted by atomic mass is 10.0. The first-order chi connectivity index (χ1) is 18.8. The third-order valence-corrected chi connectivity index (χ3v) is 8.03. The van der Waals surface area contributed by atoms with E-state index in [-0.39, 0.29) is 23.2 Å². The Hall–Kier alpha value is -4.03. The molecule has 1 fully saturated rings. The number of nitrogen functional groups attached to an aromatic ring is 1. The van der Waals surface area contributed by atoms with E-state index >= 15 is 0 Å². The van der Waals surface area contributed by atoms with Crippen molar-refractivity contribution in [2.45, 2.75) is 43.8 Å². The van der Waals surface area contributed by atoms with Gasteiger partial charge in [-0.1, -0.05) is 5.16 Å². The molecule has 0 saturated carbocycles. The second-order valence-corrected chi connectivity index (χ2v) is 11.4. The zero-order valence-electron chi connectivity index (χ0n) is 21.7. The Balaban J connectivity index is 1.55. The normalized spacial score (nSPS) is 19.2. The predicted octanol–water partition coefficient (Wildman–Crippen LogP) is -1.73. The molecule has 214 valence electrons. The molecule has 2 atom stereocenters. The van der Waals surface area contributed by atoms with Gasteiger partial charge in [0.05, 0.1) is 6.20 Å². The zero-order valence-corrected chi connectivity index (χ0v) is 23.4. The molecule has 16 nitrogen and oxygen atoms in total. The number of carboxylic acids is 2. The lowest BCUT2D eigenvalue weighted by molar-refractivity contribution is -0.753. The van der Waals surface area contributed by atoms with Crippen molar-refractivity contribution < 1.29 is 38.9 Å². The lowest BCUT2D eigenvalue weighted by Crippen LogP contribution is -2.71. The van der Waals surface area contributed by atoms with Crippen LogP contribution in [0.15, 0.2) is 28.8 Å². The first kappa shape index (κ1) is 29.0. The monoisotopic (exact) mass is 594 g/mol. The van der Waals surface area contributed by atoms with Crippen molar-refractivity contribution in [3.8, 4) is 0 Å². The first-order valence-electron chi connectivity index (χ1n) is 11.9. The summed E-state index contributed by atoms with van der Waals surface area (Å²) in [5.41, 5.74) is 10.4. The average molecular weight is 595 g/mol. The quantitative estimate of drug-likeness (QED) is 0.0845. The van der Waals surface area contributed by atoms with Crippen LogP contribution in [0.2, 0.25) is 0 Å². The second-order valence-electron chi connectivity index (χ2n) is 9.46. The summed E-state index contributed by atoms with van der Waals surface area (Å²) in [7, 11) is 1.82. The molecule has 7 N–H and O–H groups in total. The molecule has 2 aromatic heterocycles. The third kappa shape index (κ3) is 5.63. The van der Waals surface area contributed by atoms with Gasteiger partial charge in [-0.05, 0) is 32.4 Å². The standard InChI is InChI=1S/C22H27N9O7S2/c1-22(2,20(36)37)38-27-12(15-26-21(24)40-28-15)16(32)25-13-17(33)31-14(19(34)35)11(9-39-18(13)31)8-30-7-10(4-5-23)6-29(30)3/h6-7,13,18H,4-5,8-9,23H2,1-3H3,(H4-,24,25,26,28,32,34,35,36,37)/p+1/b27-12+. The van der Waals surface area contributed by atoms with E-state index in [4.69, 9.17) is 16.3 Å². The molecule has 4 heterocycles. The van der Waals surface area contributed by atoms with Crippen LogP contribution in [-0.2, 0) is 44.0 Å². The van der Waals surface area contributed by atoms with Gasteiger partial charge in [0, 0.05) is 22.8 Å². The maximum absolute atomic E-state index is 13.2. The number of aromatic nitrogens is 4. The van der Waals surface area contributed by atoms with Gasteiger partial charge in [-0.25, -0.2) is 9.59 Å². The number of carboxylic acid groups (broad SMARTS) is 2. The largest absolute Gasteiger partial charge is 0.478 e. The van der Waals surface area contributed by atoms with Crippen molar-refractivity contribution in [1.82, 2.24) is 24.3 Å². The minimum absolute atomic E-state index is 0.0248. The summed E-state index contributed by atoms with van der Waals surface area (Å²) < 4.78 is 7.59. The number of carbonyl (C=O) groups is 4. The number of anilines is 1. The number of aliphatic carboxylic acids is 2. The molecule has 1 saturated heterocycles. The number of amides is 2. The molecule has 18 heteroatoms. The van der Waals surface area contributed by atoms with Gasteiger partial charge in [-0.15, -0.1) is 16.4 Å². The minimum Gasteiger partial charge on any atom is -0.478 e. The maximum atomic E-state index is 13.2. The smallest absolute Gasteiger partial charge is 0.352 e. The van der Waals surface area contributed by atoms with Gasteiger partial charge in [-0.2, -0.15) is 14.0 Å². The fraction of sp³-hybridized carbons (Fsp3) is 0.455. The van der Waals surface area contributed by atoms with Crippen LogP contribution in [0.3, 0.4) is 0 Å². The molecule has 2 amide bonds. The number of fused-ring (bicyclic) bond motifs is 1. The molecule has 0 aromatic carbocycles. The van der Waals surface area contributed by atoms with Gasteiger partial charge in [0.25, 0.3) is 11.8 Å². The topological polar surface area (TPSA) is 232 Å². The van der Waals surface area contributed by atoms with E-state index in [1.165, 1.54) is 25.6 Å². The van der Waals surface area contributed by atoms with Gasteiger partial charge < -0.3 is 31.8 Å².